The van der Waals surface area contributed by atoms with Crippen LogP contribution in [-0.2, 0) is 9.59 Å². The topological polar surface area (TPSA) is 66.8 Å². The number of benzene rings is 1. The van der Waals surface area contributed by atoms with E-state index in [2.05, 4.69) is 0 Å². The van der Waals surface area contributed by atoms with Crippen molar-refractivity contribution in [3.8, 4) is 5.75 Å². The van der Waals surface area contributed by atoms with Gasteiger partial charge in [-0.3, -0.25) is 9.59 Å². The summed E-state index contributed by atoms with van der Waals surface area (Å²) in [5, 5.41) is 8.96. The molecule has 0 aliphatic carbocycles. The van der Waals surface area contributed by atoms with Gasteiger partial charge >= 0.3 is 12.1 Å². The van der Waals surface area contributed by atoms with Gasteiger partial charge in [-0.2, -0.15) is 13.2 Å². The Morgan fingerprint density at radius 3 is 2.48 bits per heavy atom. The zero-order valence-corrected chi connectivity index (χ0v) is 14.0. The maximum Gasteiger partial charge on any atom is 0.394 e. The number of carboxylic acids is 1. The number of carboxylic acid groups (broad SMARTS) is 1. The second kappa shape index (κ2) is 7.33. The second-order valence-corrected chi connectivity index (χ2v) is 6.26. The molecule has 0 saturated carbocycles. The summed E-state index contributed by atoms with van der Waals surface area (Å²) in [7, 11) is 0. The van der Waals surface area contributed by atoms with Crippen molar-refractivity contribution in [1.82, 2.24) is 4.90 Å². The Kier molecular flexibility index (Phi) is 5.59. The van der Waals surface area contributed by atoms with Crippen molar-refractivity contribution in [3.05, 3.63) is 29.3 Å². The van der Waals surface area contributed by atoms with Crippen LogP contribution >= 0.6 is 0 Å². The molecule has 25 heavy (non-hydrogen) atoms. The first-order valence-electron chi connectivity index (χ1n) is 7.87. The molecule has 1 aliphatic heterocycles. The Labute approximate surface area is 143 Å². The molecule has 1 aromatic rings. The van der Waals surface area contributed by atoms with Gasteiger partial charge in [-0.25, -0.2) is 0 Å². The summed E-state index contributed by atoms with van der Waals surface area (Å²) in [5.41, 5.74) is 1.97. The summed E-state index contributed by atoms with van der Waals surface area (Å²) >= 11 is 0. The Balaban J connectivity index is 1.92. The van der Waals surface area contributed by atoms with Crippen LogP contribution in [0.15, 0.2) is 18.2 Å². The molecule has 8 heteroatoms. The van der Waals surface area contributed by atoms with Crippen LogP contribution in [0.2, 0.25) is 0 Å². The Bertz CT molecular complexity index is 660. The molecule has 2 rings (SSSR count). The first-order valence-corrected chi connectivity index (χ1v) is 7.87. The Morgan fingerprint density at radius 2 is 1.96 bits per heavy atom. The van der Waals surface area contributed by atoms with Gasteiger partial charge in [0, 0.05) is 13.1 Å². The molecule has 1 heterocycles. The molecular weight excluding hydrogens is 339 g/mol. The highest BCUT2D eigenvalue weighted by Gasteiger charge is 2.53. The first kappa shape index (κ1) is 19.1. The lowest BCUT2D eigenvalue weighted by atomic mass is 9.96. The number of aryl methyl sites for hydroxylation is 2. The molecule has 0 aromatic heterocycles. The van der Waals surface area contributed by atoms with Crippen molar-refractivity contribution in [1.29, 1.82) is 0 Å². The van der Waals surface area contributed by atoms with Crippen LogP contribution in [-0.4, -0.2) is 47.8 Å². The summed E-state index contributed by atoms with van der Waals surface area (Å²) in [6, 6.07) is 5.55. The summed E-state index contributed by atoms with van der Waals surface area (Å²) in [6.07, 6.45) is -4.75. The van der Waals surface area contributed by atoms with E-state index in [4.69, 9.17) is 9.84 Å². The molecule has 1 N–H and O–H groups in total. The number of rotatable bonds is 5. The molecule has 0 bridgehead atoms. The molecular formula is C17H20F3NO4. The molecule has 0 unspecified atom stereocenters. The van der Waals surface area contributed by atoms with Crippen LogP contribution in [0.1, 0.15) is 17.5 Å². The molecule has 1 amide bonds. The molecule has 0 radical (unpaired) electrons. The molecule has 1 aromatic carbocycles. The number of likely N-dealkylation sites (tertiary alicyclic amines) is 1. The van der Waals surface area contributed by atoms with Gasteiger partial charge in [0.25, 0.3) is 0 Å². The van der Waals surface area contributed by atoms with Gasteiger partial charge in [-0.05, 0) is 25.5 Å². The quantitative estimate of drug-likeness (QED) is 0.878. The number of hydrogen-bond donors (Lipinski definition) is 1. The average molecular weight is 359 g/mol. The van der Waals surface area contributed by atoms with Crippen molar-refractivity contribution < 1.29 is 32.6 Å². The van der Waals surface area contributed by atoms with Crippen LogP contribution in [0.3, 0.4) is 0 Å². The minimum absolute atomic E-state index is 0.0215. The van der Waals surface area contributed by atoms with E-state index in [1.165, 1.54) is 0 Å². The van der Waals surface area contributed by atoms with Gasteiger partial charge in [0.1, 0.15) is 5.75 Å². The minimum Gasteiger partial charge on any atom is -0.493 e. The third kappa shape index (κ3) is 4.64. The van der Waals surface area contributed by atoms with E-state index in [1.807, 2.05) is 26.0 Å². The highest BCUT2D eigenvalue weighted by atomic mass is 19.4. The monoisotopic (exact) mass is 359 g/mol. The number of alkyl halides is 3. The van der Waals surface area contributed by atoms with E-state index in [0.29, 0.717) is 5.75 Å². The van der Waals surface area contributed by atoms with Crippen molar-refractivity contribution in [2.45, 2.75) is 26.4 Å². The first-order chi connectivity index (χ1) is 11.6. The zero-order chi connectivity index (χ0) is 18.8. The fourth-order valence-electron chi connectivity index (χ4n) is 2.96. The lowest BCUT2D eigenvalue weighted by Crippen LogP contribution is -2.34. The molecule has 1 aliphatic rings. The molecule has 138 valence electrons. The molecule has 0 spiro atoms. The number of amides is 1. The van der Waals surface area contributed by atoms with Gasteiger partial charge in [0.15, 0.2) is 0 Å². The summed E-state index contributed by atoms with van der Waals surface area (Å²) < 4.78 is 44.3. The smallest absolute Gasteiger partial charge is 0.394 e. The van der Waals surface area contributed by atoms with Crippen LogP contribution in [0.5, 0.6) is 5.75 Å². The molecule has 1 fully saturated rings. The molecule has 5 nitrogen and oxygen atoms in total. The molecule has 2 atom stereocenters. The van der Waals surface area contributed by atoms with Crippen molar-refractivity contribution in [2.75, 3.05) is 19.7 Å². The van der Waals surface area contributed by atoms with Crippen LogP contribution in [0.25, 0.3) is 0 Å². The van der Waals surface area contributed by atoms with Gasteiger partial charge < -0.3 is 14.7 Å². The van der Waals surface area contributed by atoms with Crippen molar-refractivity contribution >= 4 is 11.9 Å². The van der Waals surface area contributed by atoms with E-state index < -0.39 is 43.0 Å². The van der Waals surface area contributed by atoms with Crippen molar-refractivity contribution in [3.63, 3.8) is 0 Å². The number of aliphatic carboxylic acids is 1. The lowest BCUT2D eigenvalue weighted by molar-refractivity contribution is -0.188. The highest BCUT2D eigenvalue weighted by Crippen LogP contribution is 2.37. The fraction of sp³-hybridized carbons (Fsp3) is 0.529. The number of halogens is 3. The standard InChI is InChI=1S/C17H20F3NO4/c1-10-3-4-14(11(2)7-10)25-6-5-15(22)21-8-12(16(23)24)13(9-21)17(18,19)20/h3-4,7,12-13H,5-6,8-9H2,1-2H3,(H,23,24)/t12-,13-/m1/s1. The van der Waals surface area contributed by atoms with E-state index >= 15 is 0 Å². The summed E-state index contributed by atoms with van der Waals surface area (Å²) in [6.45, 7) is 2.76. The van der Waals surface area contributed by atoms with E-state index in [9.17, 15) is 22.8 Å². The van der Waals surface area contributed by atoms with Gasteiger partial charge in [0.05, 0.1) is 24.9 Å². The van der Waals surface area contributed by atoms with Crippen LogP contribution < -0.4 is 4.74 Å². The normalized spacial score (nSPS) is 20.6. The predicted octanol–water partition coefficient (Wildman–Crippen LogP) is 2.79. The van der Waals surface area contributed by atoms with Crippen LogP contribution in [0.4, 0.5) is 13.2 Å². The van der Waals surface area contributed by atoms with E-state index in [0.717, 1.165) is 16.0 Å². The molecule has 1 saturated heterocycles. The second-order valence-electron chi connectivity index (χ2n) is 6.26. The zero-order valence-electron chi connectivity index (χ0n) is 14.0. The average Bonchev–Trinajstić information content (AvgIpc) is 2.95. The predicted molar refractivity (Wildman–Crippen MR) is 83.3 cm³/mol. The number of carbonyl (C=O) groups is 2. The maximum absolute atomic E-state index is 12.9. The fourth-order valence-corrected chi connectivity index (χ4v) is 2.96. The maximum atomic E-state index is 12.9. The Morgan fingerprint density at radius 1 is 1.28 bits per heavy atom. The lowest BCUT2D eigenvalue weighted by Gasteiger charge is -2.18. The minimum atomic E-state index is -4.65. The number of hydrogen-bond acceptors (Lipinski definition) is 3. The highest BCUT2D eigenvalue weighted by molar-refractivity contribution is 5.79. The summed E-state index contributed by atoms with van der Waals surface area (Å²) in [4.78, 5) is 24.1. The number of ether oxygens (including phenoxy) is 1. The van der Waals surface area contributed by atoms with Gasteiger partial charge in [0.2, 0.25) is 5.91 Å². The summed E-state index contributed by atoms with van der Waals surface area (Å²) in [5.74, 6) is -5.12. The third-order valence-electron chi connectivity index (χ3n) is 4.31. The van der Waals surface area contributed by atoms with Crippen molar-refractivity contribution in [2.24, 2.45) is 11.8 Å². The van der Waals surface area contributed by atoms with E-state index in [1.54, 1.807) is 6.07 Å². The van der Waals surface area contributed by atoms with Gasteiger partial charge in [-0.1, -0.05) is 17.7 Å². The van der Waals surface area contributed by atoms with Crippen LogP contribution in [0, 0.1) is 25.7 Å². The Hall–Kier alpha value is -2.25. The number of nitrogens with zero attached hydrogens (tertiary/aromatic N) is 1. The van der Waals surface area contributed by atoms with Gasteiger partial charge in [-0.15, -0.1) is 0 Å². The third-order valence-corrected chi connectivity index (χ3v) is 4.31. The van der Waals surface area contributed by atoms with E-state index in [-0.39, 0.29) is 13.0 Å². The number of carbonyl (C=O) groups excluding carboxylic acids is 1. The SMILES string of the molecule is Cc1ccc(OCCC(=O)N2C[C@@H](C(F)(F)F)[C@H](C(=O)O)C2)c(C)c1. The largest absolute Gasteiger partial charge is 0.493 e.